The van der Waals surface area contributed by atoms with Gasteiger partial charge in [0.05, 0.1) is 0 Å². The summed E-state index contributed by atoms with van der Waals surface area (Å²) in [7, 11) is 0. The predicted molar refractivity (Wildman–Crippen MR) is 61.8 cm³/mol. The smallest absolute Gasteiger partial charge is 0.303 e. The lowest BCUT2D eigenvalue weighted by atomic mass is 9.96. The molecule has 88 valence electrons. The van der Waals surface area contributed by atoms with Gasteiger partial charge in [-0.3, -0.25) is 4.79 Å². The lowest BCUT2D eigenvalue weighted by Crippen LogP contribution is -1.98. The highest BCUT2D eigenvalue weighted by molar-refractivity contribution is 5.66. The summed E-state index contributed by atoms with van der Waals surface area (Å²) < 4.78 is 0. The zero-order chi connectivity index (χ0) is 11.1. The van der Waals surface area contributed by atoms with E-state index in [4.69, 9.17) is 5.11 Å². The van der Waals surface area contributed by atoms with Crippen molar-refractivity contribution in [2.45, 2.75) is 64.7 Å². The third kappa shape index (κ3) is 7.40. The van der Waals surface area contributed by atoms with Gasteiger partial charge in [-0.15, -0.1) is 0 Å². The second kappa shape index (κ2) is 6.86. The molecule has 1 aliphatic carbocycles. The Kier molecular flexibility index (Phi) is 5.74. The number of carboxylic acids is 1. The van der Waals surface area contributed by atoms with Gasteiger partial charge in [-0.2, -0.15) is 0 Å². The Bertz CT molecular complexity index is 185. The molecule has 1 saturated carbocycles. The average molecular weight is 212 g/mol. The maximum absolute atomic E-state index is 10.3. The summed E-state index contributed by atoms with van der Waals surface area (Å²) in [6, 6.07) is 0. The fraction of sp³-hybridized carbons (Fsp3) is 0.923. The first-order valence-corrected chi connectivity index (χ1v) is 6.40. The Balaban J connectivity index is 1.83. The molecule has 2 nitrogen and oxygen atoms in total. The molecule has 1 unspecified atom stereocenters. The summed E-state index contributed by atoms with van der Waals surface area (Å²) in [5, 5.41) is 8.49. The molecule has 1 rings (SSSR count). The largest absolute Gasteiger partial charge is 0.481 e. The van der Waals surface area contributed by atoms with E-state index in [9.17, 15) is 4.79 Å². The van der Waals surface area contributed by atoms with Crippen LogP contribution in [0.3, 0.4) is 0 Å². The molecule has 0 spiro atoms. The highest BCUT2D eigenvalue weighted by Gasteiger charge is 2.20. The normalized spacial score (nSPS) is 17.7. The van der Waals surface area contributed by atoms with Crippen LogP contribution in [0.5, 0.6) is 0 Å². The van der Waals surface area contributed by atoms with Gasteiger partial charge >= 0.3 is 5.97 Å². The second-order valence-corrected chi connectivity index (χ2v) is 5.12. The van der Waals surface area contributed by atoms with Crippen molar-refractivity contribution in [3.8, 4) is 0 Å². The number of unbranched alkanes of at least 4 members (excludes halogenated alkanes) is 1. The molecule has 0 aliphatic heterocycles. The lowest BCUT2D eigenvalue weighted by molar-refractivity contribution is -0.137. The Morgan fingerprint density at radius 3 is 2.53 bits per heavy atom. The SMILES string of the molecule is CC(CCCCC(=O)O)CCCC1CC1. The number of hydrogen-bond acceptors (Lipinski definition) is 1. The van der Waals surface area contributed by atoms with Gasteiger partial charge < -0.3 is 5.11 Å². The Morgan fingerprint density at radius 1 is 1.27 bits per heavy atom. The van der Waals surface area contributed by atoms with Crippen LogP contribution in [0.2, 0.25) is 0 Å². The van der Waals surface area contributed by atoms with Crippen molar-refractivity contribution in [1.29, 1.82) is 0 Å². The summed E-state index contributed by atoms with van der Waals surface area (Å²) in [6.45, 7) is 2.30. The first-order chi connectivity index (χ1) is 7.18. The average Bonchev–Trinajstić information content (AvgIpc) is 2.96. The fourth-order valence-corrected chi connectivity index (χ4v) is 2.07. The van der Waals surface area contributed by atoms with Crippen molar-refractivity contribution in [3.63, 3.8) is 0 Å². The number of aliphatic carboxylic acids is 1. The number of carbonyl (C=O) groups is 1. The number of carboxylic acid groups (broad SMARTS) is 1. The van der Waals surface area contributed by atoms with Gasteiger partial charge in [0, 0.05) is 6.42 Å². The molecule has 1 aliphatic rings. The first-order valence-electron chi connectivity index (χ1n) is 6.40. The minimum atomic E-state index is -0.656. The van der Waals surface area contributed by atoms with Gasteiger partial charge in [0.25, 0.3) is 0 Å². The van der Waals surface area contributed by atoms with Crippen LogP contribution in [0.25, 0.3) is 0 Å². The Labute approximate surface area is 93.1 Å². The van der Waals surface area contributed by atoms with Gasteiger partial charge in [0.15, 0.2) is 0 Å². The van der Waals surface area contributed by atoms with Crippen molar-refractivity contribution in [2.24, 2.45) is 11.8 Å². The van der Waals surface area contributed by atoms with Crippen molar-refractivity contribution in [1.82, 2.24) is 0 Å². The van der Waals surface area contributed by atoms with Gasteiger partial charge in [-0.25, -0.2) is 0 Å². The van der Waals surface area contributed by atoms with Crippen LogP contribution in [-0.4, -0.2) is 11.1 Å². The van der Waals surface area contributed by atoms with Gasteiger partial charge in [-0.1, -0.05) is 51.9 Å². The van der Waals surface area contributed by atoms with Crippen LogP contribution in [0.1, 0.15) is 64.7 Å². The maximum atomic E-state index is 10.3. The molecule has 1 fully saturated rings. The van der Waals surface area contributed by atoms with E-state index in [0.717, 1.165) is 24.7 Å². The summed E-state index contributed by atoms with van der Waals surface area (Å²) in [6.07, 6.45) is 10.6. The van der Waals surface area contributed by atoms with E-state index < -0.39 is 5.97 Å². The van der Waals surface area contributed by atoms with Crippen LogP contribution >= 0.6 is 0 Å². The molecule has 0 aromatic carbocycles. The summed E-state index contributed by atoms with van der Waals surface area (Å²) in [5.74, 6) is 1.19. The third-order valence-electron chi connectivity index (χ3n) is 3.34. The summed E-state index contributed by atoms with van der Waals surface area (Å²) >= 11 is 0. The Morgan fingerprint density at radius 2 is 1.93 bits per heavy atom. The van der Waals surface area contributed by atoms with Crippen LogP contribution in [-0.2, 0) is 4.79 Å². The van der Waals surface area contributed by atoms with E-state index in [1.165, 1.54) is 38.5 Å². The minimum absolute atomic E-state index is 0.342. The fourth-order valence-electron chi connectivity index (χ4n) is 2.07. The van der Waals surface area contributed by atoms with E-state index in [0.29, 0.717) is 6.42 Å². The van der Waals surface area contributed by atoms with E-state index in [1.54, 1.807) is 0 Å². The molecule has 0 bridgehead atoms. The van der Waals surface area contributed by atoms with E-state index >= 15 is 0 Å². The minimum Gasteiger partial charge on any atom is -0.481 e. The van der Waals surface area contributed by atoms with Crippen LogP contribution in [0.4, 0.5) is 0 Å². The zero-order valence-electron chi connectivity index (χ0n) is 9.87. The zero-order valence-corrected chi connectivity index (χ0v) is 9.87. The lowest BCUT2D eigenvalue weighted by Gasteiger charge is -2.10. The Hall–Kier alpha value is -0.530. The van der Waals surface area contributed by atoms with Crippen molar-refractivity contribution < 1.29 is 9.90 Å². The first kappa shape index (κ1) is 12.5. The van der Waals surface area contributed by atoms with Crippen molar-refractivity contribution in [3.05, 3.63) is 0 Å². The summed E-state index contributed by atoms with van der Waals surface area (Å²) in [4.78, 5) is 10.3. The molecule has 1 N–H and O–H groups in total. The van der Waals surface area contributed by atoms with Gasteiger partial charge in [0.1, 0.15) is 0 Å². The molecule has 2 heteroatoms. The summed E-state index contributed by atoms with van der Waals surface area (Å²) in [5.41, 5.74) is 0. The molecule has 0 radical (unpaired) electrons. The highest BCUT2D eigenvalue weighted by Crippen LogP contribution is 2.34. The molecule has 0 aromatic heterocycles. The molecular formula is C13H24O2. The maximum Gasteiger partial charge on any atom is 0.303 e. The van der Waals surface area contributed by atoms with E-state index in [1.807, 2.05) is 0 Å². The topological polar surface area (TPSA) is 37.3 Å². The van der Waals surface area contributed by atoms with Crippen molar-refractivity contribution >= 4 is 5.97 Å². The molecule has 0 aromatic rings. The third-order valence-corrected chi connectivity index (χ3v) is 3.34. The monoisotopic (exact) mass is 212 g/mol. The molecule has 0 heterocycles. The number of hydrogen-bond donors (Lipinski definition) is 1. The molecule has 0 amide bonds. The van der Waals surface area contributed by atoms with Crippen LogP contribution in [0, 0.1) is 11.8 Å². The van der Waals surface area contributed by atoms with Crippen LogP contribution in [0.15, 0.2) is 0 Å². The van der Waals surface area contributed by atoms with Gasteiger partial charge in [-0.05, 0) is 18.3 Å². The van der Waals surface area contributed by atoms with E-state index in [2.05, 4.69) is 6.92 Å². The highest BCUT2D eigenvalue weighted by atomic mass is 16.4. The number of rotatable bonds is 9. The molecule has 0 saturated heterocycles. The molecular weight excluding hydrogens is 188 g/mol. The van der Waals surface area contributed by atoms with Crippen LogP contribution < -0.4 is 0 Å². The predicted octanol–water partition coefficient (Wildman–Crippen LogP) is 3.85. The quantitative estimate of drug-likeness (QED) is 0.589. The van der Waals surface area contributed by atoms with Gasteiger partial charge in [0.2, 0.25) is 0 Å². The van der Waals surface area contributed by atoms with E-state index in [-0.39, 0.29) is 0 Å². The van der Waals surface area contributed by atoms with Crippen molar-refractivity contribution in [2.75, 3.05) is 0 Å². The molecule has 15 heavy (non-hydrogen) atoms. The standard InChI is InChI=1S/C13H24O2/c1-11(5-2-3-8-13(14)15)6-4-7-12-9-10-12/h11-12H,2-10H2,1H3,(H,14,15). The second-order valence-electron chi connectivity index (χ2n) is 5.12. The molecule has 1 atom stereocenters.